The van der Waals surface area contributed by atoms with Crippen LogP contribution in [0.4, 0.5) is 14.6 Å². The zero-order valence-electron chi connectivity index (χ0n) is 17.1. The molecule has 3 saturated heterocycles. The van der Waals surface area contributed by atoms with Crippen LogP contribution in [0.5, 0.6) is 0 Å². The minimum absolute atomic E-state index is 0.106. The molecule has 0 unspecified atom stereocenters. The molecule has 4 heterocycles. The van der Waals surface area contributed by atoms with E-state index in [1.165, 1.54) is 0 Å². The Morgan fingerprint density at radius 3 is 2.72 bits per heavy atom. The van der Waals surface area contributed by atoms with Crippen molar-refractivity contribution in [3.8, 4) is 0 Å². The predicted octanol–water partition coefficient (Wildman–Crippen LogP) is 2.39. The van der Waals surface area contributed by atoms with Crippen molar-refractivity contribution in [2.24, 2.45) is 5.41 Å². The Hall–Kier alpha value is -1.80. The molecule has 4 rings (SSSR count). The summed E-state index contributed by atoms with van der Waals surface area (Å²) in [6.45, 7) is 6.45. The zero-order chi connectivity index (χ0) is 20.5. The summed E-state index contributed by atoms with van der Waals surface area (Å²) < 4.78 is 34.8. The third-order valence-corrected chi connectivity index (χ3v) is 6.30. The summed E-state index contributed by atoms with van der Waals surface area (Å²) in [5.41, 5.74) is -0.213. The molecule has 3 aliphatic heterocycles. The summed E-state index contributed by atoms with van der Waals surface area (Å²) in [7, 11) is 0. The fourth-order valence-corrected chi connectivity index (χ4v) is 5.05. The van der Waals surface area contributed by atoms with E-state index in [0.717, 1.165) is 31.0 Å². The topological polar surface area (TPSA) is 48.9 Å². The van der Waals surface area contributed by atoms with Crippen molar-refractivity contribution in [1.29, 1.82) is 0 Å². The number of ether oxygens (including phenoxy) is 1. The smallest absolute Gasteiger partial charge is 0.261 e. The Balaban J connectivity index is 1.52. The quantitative estimate of drug-likeness (QED) is 0.766. The molecule has 6 nitrogen and oxygen atoms in total. The number of carbonyl (C=O) groups excluding carboxylic acids is 1. The van der Waals surface area contributed by atoms with Crippen LogP contribution in [0.2, 0.25) is 0 Å². The number of aromatic nitrogens is 1. The molecule has 160 valence electrons. The monoisotopic (exact) mass is 408 g/mol. The average Bonchev–Trinajstić information content (AvgIpc) is 2.70. The lowest BCUT2D eigenvalue weighted by molar-refractivity contribution is -0.170. The van der Waals surface area contributed by atoms with E-state index in [1.54, 1.807) is 9.80 Å². The maximum absolute atomic E-state index is 14.7. The van der Waals surface area contributed by atoms with E-state index < -0.39 is 11.3 Å². The van der Waals surface area contributed by atoms with Gasteiger partial charge in [-0.15, -0.1) is 0 Å². The van der Waals surface area contributed by atoms with Gasteiger partial charge in [-0.2, -0.15) is 0 Å². The van der Waals surface area contributed by atoms with Gasteiger partial charge in [0.25, 0.3) is 5.92 Å². The molecule has 8 heteroatoms. The third-order valence-electron chi connectivity index (χ3n) is 6.30. The van der Waals surface area contributed by atoms with Gasteiger partial charge in [-0.1, -0.05) is 6.07 Å². The maximum Gasteiger partial charge on any atom is 0.261 e. The van der Waals surface area contributed by atoms with Gasteiger partial charge in [0.2, 0.25) is 5.91 Å². The number of morpholine rings is 1. The first-order valence-electron chi connectivity index (χ1n) is 10.6. The molecular formula is C21H30F2N4O2. The van der Waals surface area contributed by atoms with E-state index in [4.69, 9.17) is 9.72 Å². The first-order valence-corrected chi connectivity index (χ1v) is 10.6. The van der Waals surface area contributed by atoms with Gasteiger partial charge < -0.3 is 14.5 Å². The van der Waals surface area contributed by atoms with E-state index in [1.807, 2.05) is 25.1 Å². The van der Waals surface area contributed by atoms with Gasteiger partial charge in [-0.05, 0) is 31.9 Å². The standard InChI is InChI=1S/C21H30F2N4O2/c1-2-26-8-4-7-20(19(26)28)14-21(22,23)16-25(15-20)13-17-5-3-6-18(24-17)27-9-11-29-12-10-27/h3,5-6H,2,4,7-16H2,1H3/t20-/m1/s1. The number of alkyl halides is 2. The first-order chi connectivity index (χ1) is 13.9. The average molecular weight is 408 g/mol. The van der Waals surface area contributed by atoms with Crippen LogP contribution >= 0.6 is 0 Å². The van der Waals surface area contributed by atoms with Crippen LogP contribution in [-0.2, 0) is 16.1 Å². The number of pyridine rings is 1. The second kappa shape index (κ2) is 8.14. The Labute approximate surface area is 170 Å². The molecule has 1 amide bonds. The molecule has 3 fully saturated rings. The number of hydrogen-bond acceptors (Lipinski definition) is 5. The van der Waals surface area contributed by atoms with Crippen molar-refractivity contribution >= 4 is 11.7 Å². The van der Waals surface area contributed by atoms with Crippen molar-refractivity contribution in [1.82, 2.24) is 14.8 Å². The maximum atomic E-state index is 14.7. The summed E-state index contributed by atoms with van der Waals surface area (Å²) in [6.07, 6.45) is 0.983. The lowest BCUT2D eigenvalue weighted by Crippen LogP contribution is -2.60. The molecule has 0 aliphatic carbocycles. The Morgan fingerprint density at radius 1 is 1.17 bits per heavy atom. The molecule has 1 atom stereocenters. The summed E-state index contributed by atoms with van der Waals surface area (Å²) in [5, 5.41) is 0. The molecule has 0 radical (unpaired) electrons. The van der Waals surface area contributed by atoms with Gasteiger partial charge in [-0.25, -0.2) is 13.8 Å². The van der Waals surface area contributed by atoms with Gasteiger partial charge in [0.15, 0.2) is 0 Å². The largest absolute Gasteiger partial charge is 0.378 e. The van der Waals surface area contributed by atoms with Crippen molar-refractivity contribution in [2.75, 3.05) is 57.4 Å². The minimum Gasteiger partial charge on any atom is -0.378 e. The molecular weight excluding hydrogens is 378 g/mol. The fraction of sp³-hybridized carbons (Fsp3) is 0.714. The SMILES string of the molecule is CCN1CCC[C@@]2(CN(Cc3cccc(N4CCOCC4)n3)CC(F)(F)C2)C1=O. The van der Waals surface area contributed by atoms with Crippen molar-refractivity contribution in [3.63, 3.8) is 0 Å². The second-order valence-corrected chi connectivity index (χ2v) is 8.53. The molecule has 29 heavy (non-hydrogen) atoms. The summed E-state index contributed by atoms with van der Waals surface area (Å²) in [6, 6.07) is 5.75. The number of likely N-dealkylation sites (tertiary alicyclic amines) is 2. The number of carbonyl (C=O) groups is 1. The summed E-state index contributed by atoms with van der Waals surface area (Å²) >= 11 is 0. The Kier molecular flexibility index (Phi) is 5.75. The lowest BCUT2D eigenvalue weighted by atomic mass is 9.71. The molecule has 0 bridgehead atoms. The van der Waals surface area contributed by atoms with Gasteiger partial charge in [0, 0.05) is 45.7 Å². The number of rotatable bonds is 4. The first kappa shape index (κ1) is 20.5. The Morgan fingerprint density at radius 2 is 1.97 bits per heavy atom. The van der Waals surface area contributed by atoms with Crippen LogP contribution in [0.25, 0.3) is 0 Å². The third kappa shape index (κ3) is 4.38. The second-order valence-electron chi connectivity index (χ2n) is 8.53. The minimum atomic E-state index is -2.87. The molecule has 1 aromatic heterocycles. The van der Waals surface area contributed by atoms with Crippen molar-refractivity contribution in [3.05, 3.63) is 23.9 Å². The van der Waals surface area contributed by atoms with E-state index in [-0.39, 0.29) is 18.9 Å². The van der Waals surface area contributed by atoms with E-state index in [0.29, 0.717) is 45.8 Å². The Bertz CT molecular complexity index is 741. The zero-order valence-corrected chi connectivity index (χ0v) is 17.1. The van der Waals surface area contributed by atoms with Crippen molar-refractivity contribution < 1.29 is 18.3 Å². The van der Waals surface area contributed by atoms with Crippen LogP contribution < -0.4 is 4.90 Å². The summed E-state index contributed by atoms with van der Waals surface area (Å²) in [4.78, 5) is 23.3. The van der Waals surface area contributed by atoms with Crippen LogP contribution in [0.3, 0.4) is 0 Å². The number of hydrogen-bond donors (Lipinski definition) is 0. The number of halogens is 2. The molecule has 1 spiro atoms. The highest BCUT2D eigenvalue weighted by Crippen LogP contribution is 2.45. The number of anilines is 1. The fourth-order valence-electron chi connectivity index (χ4n) is 5.05. The van der Waals surface area contributed by atoms with Gasteiger partial charge in [0.1, 0.15) is 5.82 Å². The number of nitrogens with zero attached hydrogens (tertiary/aromatic N) is 4. The van der Waals surface area contributed by atoms with E-state index >= 15 is 0 Å². The van der Waals surface area contributed by atoms with Crippen LogP contribution in [0.1, 0.15) is 31.9 Å². The highest BCUT2D eigenvalue weighted by atomic mass is 19.3. The number of amides is 1. The normalized spacial score (nSPS) is 28.2. The van der Waals surface area contributed by atoms with E-state index in [2.05, 4.69) is 4.90 Å². The molecule has 0 saturated carbocycles. The van der Waals surface area contributed by atoms with E-state index in [9.17, 15) is 13.6 Å². The van der Waals surface area contributed by atoms with Crippen LogP contribution in [0, 0.1) is 5.41 Å². The van der Waals surface area contributed by atoms with Gasteiger partial charge >= 0.3 is 0 Å². The van der Waals surface area contributed by atoms with Crippen LogP contribution in [0.15, 0.2) is 18.2 Å². The highest BCUT2D eigenvalue weighted by molar-refractivity contribution is 5.84. The van der Waals surface area contributed by atoms with Gasteiger partial charge in [0.05, 0.1) is 30.9 Å². The lowest BCUT2D eigenvalue weighted by Gasteiger charge is -2.49. The molecule has 1 aromatic rings. The highest BCUT2D eigenvalue weighted by Gasteiger charge is 2.54. The summed E-state index contributed by atoms with van der Waals surface area (Å²) in [5.74, 6) is -2.12. The number of piperidine rings is 2. The predicted molar refractivity (Wildman–Crippen MR) is 106 cm³/mol. The van der Waals surface area contributed by atoms with Gasteiger partial charge in [-0.3, -0.25) is 9.69 Å². The van der Waals surface area contributed by atoms with Crippen molar-refractivity contribution in [2.45, 2.75) is 38.7 Å². The molecule has 3 aliphatic rings. The molecule has 0 aromatic carbocycles. The molecule has 0 N–H and O–H groups in total. The van der Waals surface area contributed by atoms with Crippen LogP contribution in [-0.4, -0.2) is 79.1 Å².